The van der Waals surface area contributed by atoms with Crippen molar-refractivity contribution in [3.63, 3.8) is 0 Å². The second kappa shape index (κ2) is 5.38. The molecule has 0 bridgehead atoms. The average molecular weight is 333 g/mol. The third-order valence-corrected chi connectivity index (χ3v) is 5.60. The number of nitrogens with one attached hydrogen (secondary N) is 1. The molecule has 1 heterocycles. The van der Waals surface area contributed by atoms with Gasteiger partial charge in [0.05, 0.1) is 5.69 Å². The van der Waals surface area contributed by atoms with E-state index < -0.39 is 10.0 Å². The van der Waals surface area contributed by atoms with Gasteiger partial charge >= 0.3 is 0 Å². The maximum atomic E-state index is 12.3. The van der Waals surface area contributed by atoms with Gasteiger partial charge < -0.3 is 11.1 Å². The van der Waals surface area contributed by atoms with Crippen molar-refractivity contribution in [2.24, 2.45) is 10.1 Å². The zero-order valence-electron chi connectivity index (χ0n) is 13.3. The summed E-state index contributed by atoms with van der Waals surface area (Å²) in [6, 6.07) is 11.5. The molecule has 2 aromatic carbocycles. The lowest BCUT2D eigenvalue weighted by Gasteiger charge is -2.25. The first kappa shape index (κ1) is 15.6. The van der Waals surface area contributed by atoms with Gasteiger partial charge in [0.15, 0.2) is 0 Å². The Labute approximate surface area is 139 Å². The van der Waals surface area contributed by atoms with Crippen LogP contribution in [-0.4, -0.2) is 14.4 Å². The van der Waals surface area contributed by atoms with Crippen molar-refractivity contribution in [2.75, 3.05) is 5.32 Å². The molecule has 0 radical (unpaired) electrons. The largest absolute Gasteiger partial charge is 0.369 e. The van der Waals surface area contributed by atoms with E-state index in [1.54, 1.807) is 6.07 Å². The average Bonchev–Trinajstić information content (AvgIpc) is 2.45. The molecule has 6 heteroatoms. The van der Waals surface area contributed by atoms with Gasteiger partial charge in [-0.3, -0.25) is 0 Å². The Kier molecular flexibility index (Phi) is 3.64. The lowest BCUT2D eigenvalue weighted by atomic mass is 9.86. The number of guanidine groups is 1. The zero-order chi connectivity index (χ0) is 16.8. The Bertz CT molecular complexity index is 927. The van der Waals surface area contributed by atoms with Crippen LogP contribution in [0.25, 0.3) is 0 Å². The highest BCUT2D eigenvalue weighted by molar-refractivity contribution is 7.90. The number of hydrogen-bond donors (Lipinski definition) is 2. The smallest absolute Gasteiger partial charge is 0.287 e. The van der Waals surface area contributed by atoms with E-state index in [1.807, 2.05) is 25.1 Å². The highest BCUT2D eigenvalue weighted by atomic mass is 32.2. The van der Waals surface area contributed by atoms with Gasteiger partial charge in [0.2, 0.25) is 5.96 Å². The summed E-state index contributed by atoms with van der Waals surface area (Å²) in [4.78, 5) is 0.174. The van der Waals surface area contributed by atoms with Crippen LogP contribution in [0.3, 0.4) is 0 Å². The molecule has 3 N–H and O–H groups in total. The van der Waals surface area contributed by atoms with Gasteiger partial charge in [0.25, 0.3) is 10.0 Å². The van der Waals surface area contributed by atoms with Crippen LogP contribution in [0.1, 0.15) is 37.9 Å². The number of benzene rings is 2. The monoisotopic (exact) mass is 333 g/mol. The Morgan fingerprint density at radius 1 is 1.13 bits per heavy atom. The standard InChI is InChI=1S/C17H19N3O2S.2H2/c1-10-6-4-5-7-13(10)12(3)15-11(2)8-9-14-16(15)19-17(18)20-23(14,21)22;;/h4-9,12H,1-3H3,(H3,18,19,20);2*1H. The molecule has 0 saturated carbocycles. The van der Waals surface area contributed by atoms with Gasteiger partial charge in [-0.05, 0) is 42.2 Å². The van der Waals surface area contributed by atoms with Crippen molar-refractivity contribution in [1.29, 1.82) is 0 Å². The molecule has 1 atom stereocenters. The van der Waals surface area contributed by atoms with Crippen molar-refractivity contribution < 1.29 is 11.3 Å². The van der Waals surface area contributed by atoms with Crippen molar-refractivity contribution >= 4 is 21.7 Å². The predicted molar refractivity (Wildman–Crippen MR) is 96.5 cm³/mol. The van der Waals surface area contributed by atoms with Crippen molar-refractivity contribution in [2.45, 2.75) is 31.6 Å². The molecule has 0 aliphatic carbocycles. The van der Waals surface area contributed by atoms with E-state index in [9.17, 15) is 8.42 Å². The fourth-order valence-corrected chi connectivity index (χ4v) is 4.23. The molecular formula is C17H23N3O2S. The maximum Gasteiger partial charge on any atom is 0.287 e. The molecule has 1 unspecified atom stereocenters. The summed E-state index contributed by atoms with van der Waals surface area (Å²) in [6.07, 6.45) is 0. The van der Waals surface area contributed by atoms with Crippen LogP contribution in [0.5, 0.6) is 0 Å². The van der Waals surface area contributed by atoms with Gasteiger partial charge in [-0.1, -0.05) is 37.3 Å². The minimum Gasteiger partial charge on any atom is -0.369 e. The number of nitrogens with zero attached hydrogens (tertiary/aromatic N) is 1. The molecule has 0 saturated heterocycles. The molecule has 1 aliphatic rings. The zero-order valence-corrected chi connectivity index (χ0v) is 14.1. The first-order valence-corrected chi connectivity index (χ1v) is 8.82. The quantitative estimate of drug-likeness (QED) is 0.882. The summed E-state index contributed by atoms with van der Waals surface area (Å²) in [7, 11) is -3.76. The van der Waals surface area contributed by atoms with E-state index in [1.165, 1.54) is 0 Å². The Balaban J connectivity index is 0.00000156. The first-order valence-electron chi connectivity index (χ1n) is 7.38. The third kappa shape index (κ3) is 2.59. The highest BCUT2D eigenvalue weighted by Crippen LogP contribution is 2.39. The second-order valence-corrected chi connectivity index (χ2v) is 7.40. The minimum absolute atomic E-state index is 0. The first-order chi connectivity index (χ1) is 10.8. The van der Waals surface area contributed by atoms with Crippen LogP contribution in [-0.2, 0) is 10.0 Å². The summed E-state index contributed by atoms with van der Waals surface area (Å²) in [5, 5.41) is 2.94. The fourth-order valence-electron chi connectivity index (χ4n) is 3.16. The topological polar surface area (TPSA) is 84.5 Å². The Morgan fingerprint density at radius 3 is 2.52 bits per heavy atom. The number of anilines is 1. The van der Waals surface area contributed by atoms with Gasteiger partial charge in [0.1, 0.15) is 4.90 Å². The molecule has 23 heavy (non-hydrogen) atoms. The SMILES string of the molecule is Cc1ccccc1C(C)c1c(C)ccc2c1NC(N)=NS2(=O)=O.[HH].[HH]. The maximum absolute atomic E-state index is 12.3. The molecule has 0 fully saturated rings. The fraction of sp³-hybridized carbons (Fsp3) is 0.235. The molecule has 0 amide bonds. The lowest BCUT2D eigenvalue weighted by molar-refractivity contribution is 0.597. The molecule has 5 nitrogen and oxygen atoms in total. The number of nitrogens with two attached hydrogens (primary N) is 1. The van der Waals surface area contributed by atoms with E-state index in [4.69, 9.17) is 5.73 Å². The summed E-state index contributed by atoms with van der Waals surface area (Å²) >= 11 is 0. The normalized spacial score (nSPS) is 16.9. The Hall–Kier alpha value is -2.34. The van der Waals surface area contributed by atoms with Crippen LogP contribution >= 0.6 is 0 Å². The molecule has 0 spiro atoms. The van der Waals surface area contributed by atoms with E-state index in [2.05, 4.69) is 35.7 Å². The van der Waals surface area contributed by atoms with Gasteiger partial charge in [-0.25, -0.2) is 0 Å². The number of aryl methyl sites for hydroxylation is 2. The van der Waals surface area contributed by atoms with E-state index >= 15 is 0 Å². The van der Waals surface area contributed by atoms with E-state index in [-0.39, 0.29) is 19.6 Å². The van der Waals surface area contributed by atoms with Crippen LogP contribution in [0.15, 0.2) is 45.7 Å². The number of rotatable bonds is 2. The van der Waals surface area contributed by atoms with Crippen molar-refractivity contribution in [3.8, 4) is 0 Å². The molecule has 0 aromatic heterocycles. The number of sulfonamides is 1. The van der Waals surface area contributed by atoms with Gasteiger partial charge in [-0.2, -0.15) is 8.42 Å². The van der Waals surface area contributed by atoms with Crippen LogP contribution in [0.2, 0.25) is 0 Å². The molecular weight excluding hydrogens is 310 g/mol. The number of hydrogen-bond acceptors (Lipinski definition) is 4. The van der Waals surface area contributed by atoms with Crippen LogP contribution < -0.4 is 11.1 Å². The van der Waals surface area contributed by atoms with Crippen LogP contribution in [0.4, 0.5) is 5.69 Å². The van der Waals surface area contributed by atoms with Crippen molar-refractivity contribution in [1.82, 2.24) is 0 Å². The number of fused-ring (bicyclic) bond motifs is 1. The Morgan fingerprint density at radius 2 is 1.83 bits per heavy atom. The summed E-state index contributed by atoms with van der Waals surface area (Å²) in [5.74, 6) is -0.0684. The van der Waals surface area contributed by atoms with Gasteiger partial charge in [-0.15, -0.1) is 4.40 Å². The van der Waals surface area contributed by atoms with E-state index in [0.29, 0.717) is 5.69 Å². The highest BCUT2D eigenvalue weighted by Gasteiger charge is 2.29. The van der Waals surface area contributed by atoms with E-state index in [0.717, 1.165) is 22.3 Å². The molecule has 2 aromatic rings. The summed E-state index contributed by atoms with van der Waals surface area (Å²) in [5.41, 5.74) is 10.5. The minimum atomic E-state index is -3.76. The summed E-state index contributed by atoms with van der Waals surface area (Å²) < 4.78 is 28.1. The molecule has 3 rings (SSSR count). The summed E-state index contributed by atoms with van der Waals surface area (Å²) in [6.45, 7) is 6.10. The molecule has 1 aliphatic heterocycles. The third-order valence-electron chi connectivity index (χ3n) is 4.26. The molecule has 124 valence electrons. The van der Waals surface area contributed by atoms with Crippen molar-refractivity contribution in [3.05, 3.63) is 58.7 Å². The van der Waals surface area contributed by atoms with Crippen LogP contribution in [0, 0.1) is 13.8 Å². The predicted octanol–water partition coefficient (Wildman–Crippen LogP) is 3.38. The lowest BCUT2D eigenvalue weighted by Crippen LogP contribution is -2.30. The van der Waals surface area contributed by atoms with Gasteiger partial charge in [0, 0.05) is 8.77 Å². The second-order valence-electron chi connectivity index (χ2n) is 5.82.